The molecule has 0 unspecified atom stereocenters. The topological polar surface area (TPSA) is 72.5 Å². The molecule has 0 spiro atoms. The number of hydrogen-bond donors (Lipinski definition) is 1. The van der Waals surface area contributed by atoms with E-state index in [9.17, 15) is 14.2 Å². The van der Waals surface area contributed by atoms with Crippen molar-refractivity contribution in [3.63, 3.8) is 0 Å². The summed E-state index contributed by atoms with van der Waals surface area (Å²) in [5.74, 6) is -1.04. The third-order valence-electron chi connectivity index (χ3n) is 6.57. The molecule has 1 aliphatic carbocycles. The lowest BCUT2D eigenvalue weighted by Crippen LogP contribution is -2.36. The van der Waals surface area contributed by atoms with E-state index in [-0.39, 0.29) is 0 Å². The van der Waals surface area contributed by atoms with Crippen LogP contribution in [0.25, 0.3) is 11.1 Å². The number of esters is 1. The van der Waals surface area contributed by atoms with E-state index < -0.39 is 30.8 Å². The number of nitrogens with one attached hydrogen (secondary N) is 1. The zero-order valence-corrected chi connectivity index (χ0v) is 20.6. The van der Waals surface area contributed by atoms with Gasteiger partial charge in [-0.15, -0.1) is 0 Å². The van der Waals surface area contributed by atoms with Gasteiger partial charge in [0.1, 0.15) is 5.16 Å². The Kier molecular flexibility index (Phi) is 6.58. The van der Waals surface area contributed by atoms with Crippen molar-refractivity contribution in [3.8, 4) is 11.1 Å². The van der Waals surface area contributed by atoms with Crippen molar-refractivity contribution in [2.45, 2.75) is 18.0 Å². The fourth-order valence-electron chi connectivity index (χ4n) is 4.60. The van der Waals surface area contributed by atoms with Crippen LogP contribution in [0.1, 0.15) is 12.8 Å². The molecule has 1 saturated carbocycles. The number of amides is 1. The van der Waals surface area contributed by atoms with Crippen molar-refractivity contribution in [1.82, 2.24) is 0 Å². The number of carbonyl (C=O) groups excluding carboxylic acids is 2. The highest BCUT2D eigenvalue weighted by Gasteiger charge is 2.65. The summed E-state index contributed by atoms with van der Waals surface area (Å²) in [6, 6.07) is 35.4. The highest BCUT2D eigenvalue weighted by atomic mass is 31.2. The Labute approximate surface area is 210 Å². The molecule has 0 atom stereocenters. The number of para-hydroxylation sites is 1. The van der Waals surface area contributed by atoms with Crippen LogP contribution in [0.15, 0.2) is 115 Å². The summed E-state index contributed by atoms with van der Waals surface area (Å²) in [5, 5.41) is 2.93. The monoisotopic (exact) mass is 495 g/mol. The third kappa shape index (κ3) is 4.38. The van der Waals surface area contributed by atoms with Crippen LogP contribution in [-0.4, -0.2) is 23.6 Å². The normalized spacial score (nSPS) is 14.0. The summed E-state index contributed by atoms with van der Waals surface area (Å²) in [4.78, 5) is 26.2. The standard InChI is InChI=1S/C30H26NO4P/c32-28(31-27-19-11-10-18-26(27)23-12-4-1-5-13-23)22-35-29(33)30(20-21-30)36(34,24-14-6-2-7-15-24)25-16-8-3-9-17-25/h1-19H,20-22H2,(H,31,32). The average Bonchev–Trinajstić information content (AvgIpc) is 3.76. The van der Waals surface area contributed by atoms with Gasteiger partial charge in [0.05, 0.1) is 0 Å². The largest absolute Gasteiger partial charge is 0.455 e. The molecule has 180 valence electrons. The smallest absolute Gasteiger partial charge is 0.320 e. The van der Waals surface area contributed by atoms with Crippen LogP contribution in [0.4, 0.5) is 5.69 Å². The molecule has 0 heterocycles. The van der Waals surface area contributed by atoms with E-state index in [0.717, 1.165) is 11.1 Å². The Morgan fingerprint density at radius 1 is 0.722 bits per heavy atom. The van der Waals surface area contributed by atoms with Gasteiger partial charge >= 0.3 is 5.97 Å². The van der Waals surface area contributed by atoms with E-state index in [0.29, 0.717) is 29.1 Å². The average molecular weight is 496 g/mol. The van der Waals surface area contributed by atoms with Gasteiger partial charge in [0.2, 0.25) is 0 Å². The van der Waals surface area contributed by atoms with Gasteiger partial charge in [-0.05, 0) is 24.5 Å². The molecule has 6 heteroatoms. The van der Waals surface area contributed by atoms with Crippen LogP contribution in [0.2, 0.25) is 0 Å². The van der Waals surface area contributed by atoms with Gasteiger partial charge in [-0.25, -0.2) is 0 Å². The predicted octanol–water partition coefficient (Wildman–Crippen LogP) is 5.38. The fourth-order valence-corrected chi connectivity index (χ4v) is 8.13. The van der Waals surface area contributed by atoms with Crippen molar-refractivity contribution in [2.24, 2.45) is 0 Å². The number of rotatable bonds is 8. The maximum Gasteiger partial charge on any atom is 0.320 e. The van der Waals surface area contributed by atoms with E-state index in [1.54, 1.807) is 24.3 Å². The molecule has 1 aliphatic rings. The Balaban J connectivity index is 1.34. The molecule has 0 saturated heterocycles. The lowest BCUT2D eigenvalue weighted by molar-refractivity contribution is -0.147. The number of anilines is 1. The zero-order valence-electron chi connectivity index (χ0n) is 19.7. The first-order chi connectivity index (χ1) is 17.5. The van der Waals surface area contributed by atoms with Gasteiger partial charge in [0.15, 0.2) is 13.7 Å². The van der Waals surface area contributed by atoms with Crippen molar-refractivity contribution >= 4 is 35.3 Å². The van der Waals surface area contributed by atoms with Gasteiger partial charge in [-0.2, -0.15) is 0 Å². The SMILES string of the molecule is O=C(COC(=O)C1(P(=O)(c2ccccc2)c2ccccc2)CC1)Nc1ccccc1-c1ccccc1. The minimum atomic E-state index is -3.35. The minimum absolute atomic E-state index is 0.447. The number of carbonyl (C=O) groups is 2. The summed E-state index contributed by atoms with van der Waals surface area (Å²) >= 11 is 0. The van der Waals surface area contributed by atoms with Crippen molar-refractivity contribution in [1.29, 1.82) is 0 Å². The third-order valence-corrected chi connectivity index (χ3v) is 10.5. The highest BCUT2D eigenvalue weighted by molar-refractivity contribution is 7.81. The summed E-state index contributed by atoms with van der Waals surface area (Å²) in [6.07, 6.45) is 0.900. The van der Waals surface area contributed by atoms with Crippen LogP contribution in [0.5, 0.6) is 0 Å². The molecule has 5 nitrogen and oxygen atoms in total. The summed E-state index contributed by atoms with van der Waals surface area (Å²) in [7, 11) is -3.35. The fraction of sp³-hybridized carbons (Fsp3) is 0.133. The lowest BCUT2D eigenvalue weighted by atomic mass is 10.0. The quantitative estimate of drug-likeness (QED) is 0.263. The first-order valence-electron chi connectivity index (χ1n) is 11.9. The molecule has 0 aliphatic heterocycles. The highest BCUT2D eigenvalue weighted by Crippen LogP contribution is 2.68. The second-order valence-electron chi connectivity index (χ2n) is 8.85. The van der Waals surface area contributed by atoms with Gasteiger partial charge < -0.3 is 14.6 Å². The van der Waals surface area contributed by atoms with Crippen molar-refractivity contribution in [3.05, 3.63) is 115 Å². The molecule has 0 radical (unpaired) electrons. The number of hydrogen-bond acceptors (Lipinski definition) is 4. The Hall–Kier alpha value is -3.95. The number of benzene rings is 4. The first-order valence-corrected chi connectivity index (χ1v) is 13.6. The van der Waals surface area contributed by atoms with Gasteiger partial charge in [-0.1, -0.05) is 109 Å². The first kappa shape index (κ1) is 23.8. The lowest BCUT2D eigenvalue weighted by Gasteiger charge is -2.27. The Bertz CT molecular complexity index is 1370. The van der Waals surface area contributed by atoms with E-state index >= 15 is 0 Å². The van der Waals surface area contributed by atoms with Crippen LogP contribution in [0, 0.1) is 0 Å². The second-order valence-corrected chi connectivity index (χ2v) is 12.0. The molecule has 0 bridgehead atoms. The molecule has 36 heavy (non-hydrogen) atoms. The van der Waals surface area contributed by atoms with E-state index in [1.807, 2.05) is 91.0 Å². The molecule has 1 fully saturated rings. The summed E-state index contributed by atoms with van der Waals surface area (Å²) < 4.78 is 20.2. The van der Waals surface area contributed by atoms with Gasteiger partial charge in [-0.3, -0.25) is 9.59 Å². The Morgan fingerprint density at radius 2 is 1.22 bits per heavy atom. The van der Waals surface area contributed by atoms with E-state index in [1.165, 1.54) is 0 Å². The second kappa shape index (κ2) is 9.96. The van der Waals surface area contributed by atoms with Crippen molar-refractivity contribution < 1.29 is 18.9 Å². The maximum atomic E-state index is 14.7. The van der Waals surface area contributed by atoms with Crippen LogP contribution in [0.3, 0.4) is 0 Å². The molecule has 1 N–H and O–H groups in total. The Morgan fingerprint density at radius 3 is 1.78 bits per heavy atom. The molecule has 1 amide bonds. The van der Waals surface area contributed by atoms with Crippen LogP contribution >= 0.6 is 7.14 Å². The molecular weight excluding hydrogens is 469 g/mol. The molecule has 4 aromatic carbocycles. The van der Waals surface area contributed by atoms with E-state index in [2.05, 4.69) is 5.32 Å². The zero-order chi connectivity index (χ0) is 25.0. The van der Waals surface area contributed by atoms with E-state index in [4.69, 9.17) is 4.74 Å². The molecule has 5 rings (SSSR count). The maximum absolute atomic E-state index is 14.7. The summed E-state index contributed by atoms with van der Waals surface area (Å²) in [6.45, 7) is -0.451. The minimum Gasteiger partial charge on any atom is -0.455 e. The molecule has 0 aromatic heterocycles. The van der Waals surface area contributed by atoms with Crippen molar-refractivity contribution in [2.75, 3.05) is 11.9 Å². The molecular formula is C30H26NO4P. The predicted molar refractivity (Wildman–Crippen MR) is 143 cm³/mol. The molecule has 4 aromatic rings. The summed E-state index contributed by atoms with van der Waals surface area (Å²) in [5.41, 5.74) is 2.47. The van der Waals surface area contributed by atoms with Crippen LogP contribution in [-0.2, 0) is 18.9 Å². The number of ether oxygens (including phenoxy) is 1. The van der Waals surface area contributed by atoms with Crippen LogP contribution < -0.4 is 15.9 Å². The van der Waals surface area contributed by atoms with Gasteiger partial charge in [0, 0.05) is 21.9 Å². The van der Waals surface area contributed by atoms with Gasteiger partial charge in [0.25, 0.3) is 5.91 Å².